The molecule has 0 bridgehead atoms. The highest BCUT2D eigenvalue weighted by Crippen LogP contribution is 2.34. The van der Waals surface area contributed by atoms with E-state index in [9.17, 15) is 10.1 Å². The van der Waals surface area contributed by atoms with Crippen LogP contribution in [0.3, 0.4) is 0 Å². The SMILES string of the molecule is COc1ccc(Cc2c3cc(OC)c(OC)cc3cc[n+]2Cc2ccc([N+](=O)[O-])cc2)cc1OC. The van der Waals surface area contributed by atoms with Gasteiger partial charge in [0.2, 0.25) is 0 Å². The van der Waals surface area contributed by atoms with Crippen molar-refractivity contribution in [3.63, 3.8) is 0 Å². The maximum Gasteiger partial charge on any atom is 0.269 e. The second-order valence-corrected chi connectivity index (χ2v) is 7.97. The number of pyridine rings is 1. The zero-order valence-electron chi connectivity index (χ0n) is 20.1. The Balaban J connectivity index is 1.83. The number of ether oxygens (including phenoxy) is 4. The van der Waals surface area contributed by atoms with E-state index in [0.29, 0.717) is 36.0 Å². The number of benzene rings is 3. The first-order chi connectivity index (χ1) is 17.0. The van der Waals surface area contributed by atoms with E-state index in [1.807, 2.05) is 42.6 Å². The molecule has 0 amide bonds. The van der Waals surface area contributed by atoms with Gasteiger partial charge in [-0.05, 0) is 47.3 Å². The Morgan fingerprint density at radius 2 is 1.34 bits per heavy atom. The molecule has 0 saturated heterocycles. The standard InChI is InChI=1S/C27H27N2O6/c1-32-24-10-7-19(14-25(24)33-2)13-23-22-16-27(35-4)26(34-3)15-20(22)11-12-28(23)17-18-5-8-21(9-6-18)29(30)31/h5-12,14-16H,13,17H2,1-4H3/q+1. The summed E-state index contributed by atoms with van der Waals surface area (Å²) in [4.78, 5) is 10.7. The fraction of sp³-hybridized carbons (Fsp3) is 0.222. The number of nitrogens with zero attached hydrogens (tertiary/aromatic N) is 2. The van der Waals surface area contributed by atoms with Crippen LogP contribution in [0.4, 0.5) is 5.69 Å². The highest BCUT2D eigenvalue weighted by Gasteiger charge is 2.20. The van der Waals surface area contributed by atoms with Gasteiger partial charge in [-0.3, -0.25) is 10.1 Å². The predicted octanol–water partition coefficient (Wildman–Crippen LogP) is 4.71. The average Bonchev–Trinajstić information content (AvgIpc) is 2.89. The number of fused-ring (bicyclic) bond motifs is 1. The molecule has 0 aliphatic carbocycles. The molecule has 4 rings (SSSR count). The molecule has 0 spiro atoms. The minimum absolute atomic E-state index is 0.0691. The molecule has 0 atom stereocenters. The van der Waals surface area contributed by atoms with E-state index in [-0.39, 0.29) is 5.69 Å². The Kier molecular flexibility index (Phi) is 7.01. The number of hydrogen-bond donors (Lipinski definition) is 0. The Morgan fingerprint density at radius 3 is 1.97 bits per heavy atom. The fourth-order valence-electron chi connectivity index (χ4n) is 4.15. The van der Waals surface area contributed by atoms with Gasteiger partial charge in [-0.15, -0.1) is 0 Å². The van der Waals surface area contributed by atoms with E-state index in [2.05, 4.69) is 4.57 Å². The second-order valence-electron chi connectivity index (χ2n) is 7.97. The van der Waals surface area contributed by atoms with Gasteiger partial charge in [-0.25, -0.2) is 0 Å². The van der Waals surface area contributed by atoms with Crippen LogP contribution in [0.2, 0.25) is 0 Å². The maximum atomic E-state index is 11.0. The van der Waals surface area contributed by atoms with Crippen molar-refractivity contribution in [2.75, 3.05) is 28.4 Å². The molecule has 1 heterocycles. The molecule has 3 aromatic carbocycles. The van der Waals surface area contributed by atoms with Crippen molar-refractivity contribution in [3.05, 3.63) is 93.8 Å². The number of aromatic nitrogens is 1. The van der Waals surface area contributed by atoms with Crippen LogP contribution >= 0.6 is 0 Å². The van der Waals surface area contributed by atoms with E-state index in [1.54, 1.807) is 40.6 Å². The summed E-state index contributed by atoms with van der Waals surface area (Å²) in [7, 11) is 6.46. The van der Waals surface area contributed by atoms with E-state index >= 15 is 0 Å². The minimum Gasteiger partial charge on any atom is -0.493 e. The summed E-state index contributed by atoms with van der Waals surface area (Å²) in [5, 5.41) is 13.1. The van der Waals surface area contributed by atoms with Gasteiger partial charge in [0, 0.05) is 23.8 Å². The van der Waals surface area contributed by atoms with Crippen LogP contribution in [-0.2, 0) is 13.0 Å². The molecule has 0 saturated carbocycles. The van der Waals surface area contributed by atoms with Crippen molar-refractivity contribution < 1.29 is 28.4 Å². The van der Waals surface area contributed by atoms with E-state index in [0.717, 1.165) is 27.6 Å². The van der Waals surface area contributed by atoms with Crippen LogP contribution < -0.4 is 23.5 Å². The molecule has 8 nitrogen and oxygen atoms in total. The molecule has 1 aromatic heterocycles. The highest BCUT2D eigenvalue weighted by molar-refractivity contribution is 5.87. The van der Waals surface area contributed by atoms with E-state index in [4.69, 9.17) is 18.9 Å². The van der Waals surface area contributed by atoms with Crippen LogP contribution in [0.1, 0.15) is 16.8 Å². The van der Waals surface area contributed by atoms with Crippen molar-refractivity contribution in [2.45, 2.75) is 13.0 Å². The molecule has 0 fully saturated rings. The first kappa shape index (κ1) is 23.8. The Hall–Kier alpha value is -4.33. The number of methoxy groups -OCH3 is 4. The summed E-state index contributed by atoms with van der Waals surface area (Å²) >= 11 is 0. The second kappa shape index (κ2) is 10.3. The molecule has 0 aliphatic rings. The fourth-order valence-corrected chi connectivity index (χ4v) is 4.15. The lowest BCUT2D eigenvalue weighted by Gasteiger charge is -2.13. The third kappa shape index (κ3) is 4.96. The highest BCUT2D eigenvalue weighted by atomic mass is 16.6. The van der Waals surface area contributed by atoms with Crippen LogP contribution in [-0.4, -0.2) is 33.4 Å². The molecule has 0 aliphatic heterocycles. The molecule has 0 unspecified atom stereocenters. The van der Waals surface area contributed by atoms with Gasteiger partial charge in [0.1, 0.15) is 0 Å². The van der Waals surface area contributed by atoms with Crippen LogP contribution in [0, 0.1) is 10.1 Å². The summed E-state index contributed by atoms with van der Waals surface area (Å²) in [6.45, 7) is 0.547. The zero-order chi connectivity index (χ0) is 24.9. The number of hydrogen-bond acceptors (Lipinski definition) is 6. The minimum atomic E-state index is -0.394. The maximum absolute atomic E-state index is 11.0. The summed E-state index contributed by atoms with van der Waals surface area (Å²) < 4.78 is 24.1. The van der Waals surface area contributed by atoms with Gasteiger partial charge >= 0.3 is 0 Å². The molecule has 35 heavy (non-hydrogen) atoms. The van der Waals surface area contributed by atoms with Crippen molar-refractivity contribution in [3.8, 4) is 23.0 Å². The molecular weight excluding hydrogens is 448 g/mol. The lowest BCUT2D eigenvalue weighted by molar-refractivity contribution is -0.693. The van der Waals surface area contributed by atoms with Gasteiger partial charge in [0.25, 0.3) is 5.69 Å². The summed E-state index contributed by atoms with van der Waals surface area (Å²) in [6, 6.07) is 18.5. The third-order valence-corrected chi connectivity index (χ3v) is 5.97. The average molecular weight is 476 g/mol. The summed E-state index contributed by atoms with van der Waals surface area (Å²) in [5.41, 5.74) is 3.12. The number of non-ortho nitro benzene ring substituents is 1. The Bertz CT molecular complexity index is 1370. The Morgan fingerprint density at radius 1 is 0.743 bits per heavy atom. The van der Waals surface area contributed by atoms with Crippen molar-refractivity contribution in [1.82, 2.24) is 0 Å². The van der Waals surface area contributed by atoms with E-state index < -0.39 is 4.92 Å². The molecule has 4 aromatic rings. The smallest absolute Gasteiger partial charge is 0.269 e. The van der Waals surface area contributed by atoms with Crippen LogP contribution in [0.25, 0.3) is 10.8 Å². The predicted molar refractivity (Wildman–Crippen MR) is 132 cm³/mol. The molecular formula is C27H27N2O6+. The number of nitro benzene ring substituents is 1. The number of nitro groups is 1. The first-order valence-corrected chi connectivity index (χ1v) is 11.0. The normalized spacial score (nSPS) is 10.7. The van der Waals surface area contributed by atoms with Crippen molar-refractivity contribution in [1.29, 1.82) is 0 Å². The monoisotopic (exact) mass is 475 g/mol. The third-order valence-electron chi connectivity index (χ3n) is 5.97. The van der Waals surface area contributed by atoms with Gasteiger partial charge in [-0.1, -0.05) is 6.07 Å². The lowest BCUT2D eigenvalue weighted by atomic mass is 10.0. The summed E-state index contributed by atoms with van der Waals surface area (Å²) in [6.07, 6.45) is 2.63. The topological polar surface area (TPSA) is 83.9 Å². The lowest BCUT2D eigenvalue weighted by Crippen LogP contribution is -2.39. The van der Waals surface area contributed by atoms with Crippen molar-refractivity contribution >= 4 is 16.5 Å². The Labute approximate surface area is 203 Å². The van der Waals surface area contributed by atoms with Crippen LogP contribution in [0.15, 0.2) is 66.9 Å². The van der Waals surface area contributed by atoms with Gasteiger partial charge in [0.05, 0.1) is 45.2 Å². The van der Waals surface area contributed by atoms with Crippen molar-refractivity contribution in [2.24, 2.45) is 0 Å². The van der Waals surface area contributed by atoms with Gasteiger partial charge in [-0.2, -0.15) is 4.57 Å². The summed E-state index contributed by atoms with van der Waals surface area (Å²) in [5.74, 6) is 2.62. The molecule has 0 N–H and O–H groups in total. The molecule has 180 valence electrons. The van der Waals surface area contributed by atoms with Gasteiger partial charge in [0.15, 0.2) is 41.4 Å². The quantitative estimate of drug-likeness (QED) is 0.198. The largest absolute Gasteiger partial charge is 0.493 e. The van der Waals surface area contributed by atoms with E-state index in [1.165, 1.54) is 12.1 Å². The zero-order valence-corrected chi connectivity index (χ0v) is 20.1. The molecule has 8 heteroatoms. The van der Waals surface area contributed by atoms with Gasteiger partial charge < -0.3 is 18.9 Å². The molecule has 0 radical (unpaired) electrons. The number of rotatable bonds is 9. The first-order valence-electron chi connectivity index (χ1n) is 11.0. The van der Waals surface area contributed by atoms with Crippen LogP contribution in [0.5, 0.6) is 23.0 Å².